The molecule has 0 aliphatic heterocycles. The lowest BCUT2D eigenvalue weighted by Crippen LogP contribution is -2.30. The largest absolute Gasteiger partial charge is 0.480 e. The van der Waals surface area contributed by atoms with Crippen molar-refractivity contribution < 1.29 is 9.90 Å². The van der Waals surface area contributed by atoms with Gasteiger partial charge in [-0.3, -0.25) is 9.52 Å². The van der Waals surface area contributed by atoms with Gasteiger partial charge in [0.25, 0.3) is 0 Å². The van der Waals surface area contributed by atoms with Crippen LogP contribution in [0.5, 0.6) is 0 Å². The van der Waals surface area contributed by atoms with Crippen LogP contribution in [0.15, 0.2) is 0 Å². The van der Waals surface area contributed by atoms with Crippen LogP contribution in [0.4, 0.5) is 0 Å². The molecule has 1 unspecified atom stereocenters. The van der Waals surface area contributed by atoms with Gasteiger partial charge in [0.15, 0.2) is 0 Å². The van der Waals surface area contributed by atoms with Crippen LogP contribution < -0.4 is 4.72 Å². The van der Waals surface area contributed by atoms with E-state index in [9.17, 15) is 4.79 Å². The molecule has 0 aliphatic carbocycles. The monoisotopic (exact) mass is 163 g/mol. The Hall–Kier alpha value is -0.220. The van der Waals surface area contributed by atoms with Crippen LogP contribution in [0.3, 0.4) is 0 Å². The Morgan fingerprint density at radius 1 is 1.80 bits per heavy atom. The molecule has 3 nitrogen and oxygen atoms in total. The fourth-order valence-corrected chi connectivity index (χ4v) is 0.891. The topological polar surface area (TPSA) is 49.3 Å². The van der Waals surface area contributed by atoms with E-state index >= 15 is 0 Å². The lowest BCUT2D eigenvalue weighted by Gasteiger charge is -2.07. The first-order valence-corrected chi connectivity index (χ1v) is 3.79. The second kappa shape index (κ2) is 5.56. The molecule has 0 bridgehead atoms. The fraction of sp³-hybridized carbons (Fsp3) is 0.833. The van der Waals surface area contributed by atoms with Gasteiger partial charge in [0, 0.05) is 0 Å². The molecular weight excluding hydrogens is 150 g/mol. The van der Waals surface area contributed by atoms with Gasteiger partial charge in [0.05, 0.1) is 0 Å². The van der Waals surface area contributed by atoms with Gasteiger partial charge in [-0.25, -0.2) is 0 Å². The maximum absolute atomic E-state index is 10.3. The van der Waals surface area contributed by atoms with Crippen molar-refractivity contribution >= 4 is 18.8 Å². The van der Waals surface area contributed by atoms with E-state index in [0.717, 1.165) is 12.8 Å². The fourth-order valence-electron chi connectivity index (χ4n) is 0.651. The average Bonchev–Trinajstić information content (AvgIpc) is 1.89. The number of aliphatic carboxylic acids is 1. The van der Waals surface area contributed by atoms with Crippen LogP contribution in [0, 0.1) is 0 Å². The molecule has 0 aromatic heterocycles. The van der Waals surface area contributed by atoms with E-state index < -0.39 is 12.0 Å². The second-order valence-electron chi connectivity index (χ2n) is 2.16. The van der Waals surface area contributed by atoms with E-state index in [0.29, 0.717) is 6.42 Å². The average molecular weight is 163 g/mol. The predicted molar refractivity (Wildman–Crippen MR) is 43.1 cm³/mol. The van der Waals surface area contributed by atoms with Gasteiger partial charge in [0.1, 0.15) is 6.04 Å². The summed E-state index contributed by atoms with van der Waals surface area (Å²) in [7, 11) is 0. The van der Waals surface area contributed by atoms with Gasteiger partial charge >= 0.3 is 5.97 Å². The molecule has 0 heterocycles. The molecule has 0 radical (unpaired) electrons. The number of rotatable bonds is 5. The molecule has 0 saturated heterocycles. The highest BCUT2D eigenvalue weighted by Crippen LogP contribution is 2.00. The van der Waals surface area contributed by atoms with Crippen molar-refractivity contribution in [1.29, 1.82) is 0 Å². The van der Waals surface area contributed by atoms with Crippen LogP contribution in [-0.2, 0) is 4.79 Å². The van der Waals surface area contributed by atoms with Gasteiger partial charge in [-0.2, -0.15) is 0 Å². The number of carbonyl (C=O) groups is 1. The second-order valence-corrected chi connectivity index (χ2v) is 2.42. The number of carboxylic acid groups (broad SMARTS) is 1. The van der Waals surface area contributed by atoms with Crippen LogP contribution in [-0.4, -0.2) is 17.1 Å². The minimum Gasteiger partial charge on any atom is -0.480 e. The number of hydrogen-bond donors (Lipinski definition) is 3. The van der Waals surface area contributed by atoms with E-state index in [-0.39, 0.29) is 0 Å². The quantitative estimate of drug-likeness (QED) is 0.531. The van der Waals surface area contributed by atoms with E-state index in [1.165, 1.54) is 0 Å². The summed E-state index contributed by atoms with van der Waals surface area (Å²) in [6.07, 6.45) is 2.58. The standard InChI is InChI=1S/C6H13NO2S/c1-2-3-4-5(7-10)6(8)9/h5,7,10H,2-4H2,1H3,(H,8,9). The molecule has 4 heteroatoms. The molecule has 1 atom stereocenters. The third-order valence-corrected chi connectivity index (χ3v) is 1.61. The minimum atomic E-state index is -0.830. The first kappa shape index (κ1) is 9.78. The van der Waals surface area contributed by atoms with Crippen molar-refractivity contribution in [3.63, 3.8) is 0 Å². The highest BCUT2D eigenvalue weighted by atomic mass is 32.1. The molecule has 0 amide bonds. The summed E-state index contributed by atoms with van der Waals surface area (Å²) in [6, 6.07) is -0.497. The zero-order chi connectivity index (χ0) is 7.98. The van der Waals surface area contributed by atoms with Gasteiger partial charge in [-0.1, -0.05) is 32.6 Å². The molecule has 0 spiro atoms. The molecular formula is C6H13NO2S. The molecule has 0 fully saturated rings. The highest BCUT2D eigenvalue weighted by molar-refractivity contribution is 7.78. The Labute approximate surface area is 66.4 Å². The highest BCUT2D eigenvalue weighted by Gasteiger charge is 2.13. The van der Waals surface area contributed by atoms with Gasteiger partial charge < -0.3 is 5.11 Å². The van der Waals surface area contributed by atoms with Gasteiger partial charge in [-0.15, -0.1) is 0 Å². The molecule has 0 saturated carbocycles. The first-order chi connectivity index (χ1) is 4.72. The summed E-state index contributed by atoms with van der Waals surface area (Å²) >= 11 is 3.70. The smallest absolute Gasteiger partial charge is 0.321 e. The predicted octanol–water partition coefficient (Wildman–Crippen LogP) is 1.06. The van der Waals surface area contributed by atoms with Crippen molar-refractivity contribution in [2.75, 3.05) is 0 Å². The van der Waals surface area contributed by atoms with Crippen molar-refractivity contribution in [2.45, 2.75) is 32.2 Å². The molecule has 60 valence electrons. The van der Waals surface area contributed by atoms with Crippen LogP contribution in [0.1, 0.15) is 26.2 Å². The summed E-state index contributed by atoms with van der Waals surface area (Å²) < 4.78 is 2.43. The minimum absolute atomic E-state index is 0.497. The van der Waals surface area contributed by atoms with Crippen molar-refractivity contribution in [2.24, 2.45) is 0 Å². The Kier molecular flexibility index (Phi) is 5.43. The van der Waals surface area contributed by atoms with E-state index in [4.69, 9.17) is 5.11 Å². The zero-order valence-corrected chi connectivity index (χ0v) is 6.90. The van der Waals surface area contributed by atoms with Crippen molar-refractivity contribution in [1.82, 2.24) is 4.72 Å². The molecule has 0 aromatic carbocycles. The maximum atomic E-state index is 10.3. The van der Waals surface area contributed by atoms with E-state index in [1.54, 1.807) is 0 Å². The molecule has 0 rings (SSSR count). The number of nitrogens with one attached hydrogen (secondary N) is 1. The van der Waals surface area contributed by atoms with Crippen molar-refractivity contribution in [3.05, 3.63) is 0 Å². The van der Waals surface area contributed by atoms with E-state index in [1.807, 2.05) is 6.92 Å². The zero-order valence-electron chi connectivity index (χ0n) is 6.00. The Balaban J connectivity index is 3.50. The number of thiol groups is 1. The maximum Gasteiger partial charge on any atom is 0.321 e. The van der Waals surface area contributed by atoms with Crippen molar-refractivity contribution in [3.8, 4) is 0 Å². The third-order valence-electron chi connectivity index (χ3n) is 1.30. The summed E-state index contributed by atoms with van der Waals surface area (Å²) in [5.41, 5.74) is 0. The number of carboxylic acids is 1. The molecule has 0 aromatic rings. The summed E-state index contributed by atoms with van der Waals surface area (Å²) in [5, 5.41) is 8.49. The van der Waals surface area contributed by atoms with Gasteiger partial charge in [-0.05, 0) is 6.42 Å². The van der Waals surface area contributed by atoms with Crippen LogP contribution in [0.25, 0.3) is 0 Å². The molecule has 0 aliphatic rings. The summed E-state index contributed by atoms with van der Waals surface area (Å²) in [6.45, 7) is 2.03. The van der Waals surface area contributed by atoms with Gasteiger partial charge in [0.2, 0.25) is 0 Å². The molecule has 10 heavy (non-hydrogen) atoms. The lowest BCUT2D eigenvalue weighted by atomic mass is 10.1. The third kappa shape index (κ3) is 3.74. The normalized spacial score (nSPS) is 13.0. The Bertz CT molecular complexity index is 108. The summed E-state index contributed by atoms with van der Waals surface area (Å²) in [4.78, 5) is 10.3. The van der Waals surface area contributed by atoms with Crippen LogP contribution in [0.2, 0.25) is 0 Å². The number of hydrogen-bond acceptors (Lipinski definition) is 3. The molecule has 2 N–H and O–H groups in total. The van der Waals surface area contributed by atoms with E-state index in [2.05, 4.69) is 17.5 Å². The first-order valence-electron chi connectivity index (χ1n) is 3.34. The summed E-state index contributed by atoms with van der Waals surface area (Å²) in [5.74, 6) is -0.830. The SMILES string of the molecule is CCCCC(NS)C(=O)O. The lowest BCUT2D eigenvalue weighted by molar-refractivity contribution is -0.139. The Morgan fingerprint density at radius 2 is 2.40 bits per heavy atom. The van der Waals surface area contributed by atoms with Crippen LogP contribution >= 0.6 is 12.8 Å². The number of unbranched alkanes of at least 4 members (excludes halogenated alkanes) is 1. The Morgan fingerprint density at radius 3 is 2.70 bits per heavy atom.